The highest BCUT2D eigenvalue weighted by Crippen LogP contribution is 2.24. The van der Waals surface area contributed by atoms with E-state index in [1.807, 2.05) is 11.3 Å². The predicted octanol–water partition coefficient (Wildman–Crippen LogP) is 3.08. The minimum absolute atomic E-state index is 0.747. The van der Waals surface area contributed by atoms with Crippen molar-refractivity contribution in [2.75, 3.05) is 19.6 Å². The van der Waals surface area contributed by atoms with Crippen LogP contribution in [0.3, 0.4) is 0 Å². The van der Waals surface area contributed by atoms with Gasteiger partial charge in [-0.25, -0.2) is 0 Å². The molecule has 0 radical (unpaired) electrons. The van der Waals surface area contributed by atoms with Gasteiger partial charge in [0.05, 0.1) is 3.79 Å². The normalized spacial score (nSPS) is 19.1. The molecule has 0 aliphatic carbocycles. The van der Waals surface area contributed by atoms with Gasteiger partial charge in [0, 0.05) is 17.5 Å². The summed E-state index contributed by atoms with van der Waals surface area (Å²) in [6.45, 7) is 6.87. The molecule has 1 aromatic heterocycles. The van der Waals surface area contributed by atoms with Gasteiger partial charge >= 0.3 is 0 Å². The molecule has 90 valence electrons. The van der Waals surface area contributed by atoms with Gasteiger partial charge in [0.1, 0.15) is 0 Å². The van der Waals surface area contributed by atoms with E-state index in [1.54, 1.807) is 0 Å². The van der Waals surface area contributed by atoms with Crippen LogP contribution in [0.1, 0.15) is 24.6 Å². The Kier molecular flexibility index (Phi) is 4.82. The van der Waals surface area contributed by atoms with Crippen molar-refractivity contribution in [2.45, 2.75) is 32.4 Å². The molecule has 0 amide bonds. The Morgan fingerprint density at radius 1 is 1.44 bits per heavy atom. The fourth-order valence-corrected chi connectivity index (χ4v) is 3.77. The molecule has 1 aromatic rings. The first-order chi connectivity index (χ1) is 7.78. The molecule has 1 N–H and O–H groups in total. The SMILES string of the molecule is CCNC1CCN(Cc2ccc(Br)s2)CC1. The Bertz CT molecular complexity index is 319. The Balaban J connectivity index is 1.77. The molecule has 1 saturated heterocycles. The highest BCUT2D eigenvalue weighted by Gasteiger charge is 2.18. The number of nitrogens with one attached hydrogen (secondary N) is 1. The van der Waals surface area contributed by atoms with Crippen molar-refractivity contribution < 1.29 is 0 Å². The quantitative estimate of drug-likeness (QED) is 0.919. The summed E-state index contributed by atoms with van der Waals surface area (Å²) in [5.41, 5.74) is 0. The van der Waals surface area contributed by atoms with Crippen molar-refractivity contribution in [1.82, 2.24) is 10.2 Å². The van der Waals surface area contributed by atoms with E-state index in [0.29, 0.717) is 0 Å². The number of thiophene rings is 1. The van der Waals surface area contributed by atoms with Crippen LogP contribution in [-0.2, 0) is 6.54 Å². The summed E-state index contributed by atoms with van der Waals surface area (Å²) in [7, 11) is 0. The molecule has 2 nitrogen and oxygen atoms in total. The van der Waals surface area contributed by atoms with E-state index in [2.05, 4.69) is 45.2 Å². The van der Waals surface area contributed by atoms with Crippen molar-refractivity contribution in [3.8, 4) is 0 Å². The van der Waals surface area contributed by atoms with Crippen molar-refractivity contribution in [1.29, 1.82) is 0 Å². The molecule has 0 atom stereocenters. The maximum absolute atomic E-state index is 3.54. The monoisotopic (exact) mass is 302 g/mol. The van der Waals surface area contributed by atoms with Gasteiger partial charge in [0.15, 0.2) is 0 Å². The minimum Gasteiger partial charge on any atom is -0.314 e. The summed E-state index contributed by atoms with van der Waals surface area (Å²) >= 11 is 5.37. The molecule has 0 saturated carbocycles. The number of hydrogen-bond acceptors (Lipinski definition) is 3. The Morgan fingerprint density at radius 2 is 2.19 bits per heavy atom. The lowest BCUT2D eigenvalue weighted by Crippen LogP contribution is -2.41. The van der Waals surface area contributed by atoms with Gasteiger partial charge in [-0.1, -0.05) is 6.92 Å². The van der Waals surface area contributed by atoms with E-state index in [1.165, 1.54) is 34.6 Å². The molecule has 1 aliphatic heterocycles. The summed E-state index contributed by atoms with van der Waals surface area (Å²) in [5.74, 6) is 0. The molecule has 16 heavy (non-hydrogen) atoms. The first-order valence-corrected chi connectivity index (χ1v) is 7.59. The van der Waals surface area contributed by atoms with Crippen LogP contribution >= 0.6 is 27.3 Å². The average molecular weight is 303 g/mol. The summed E-state index contributed by atoms with van der Waals surface area (Å²) in [5, 5.41) is 3.54. The van der Waals surface area contributed by atoms with Gasteiger partial charge in [-0.2, -0.15) is 0 Å². The molecule has 0 unspecified atom stereocenters. The summed E-state index contributed by atoms with van der Waals surface area (Å²) in [4.78, 5) is 4.03. The number of halogens is 1. The zero-order valence-electron chi connectivity index (χ0n) is 9.71. The van der Waals surface area contributed by atoms with Crippen molar-refractivity contribution >= 4 is 27.3 Å². The van der Waals surface area contributed by atoms with Crippen LogP contribution in [0.2, 0.25) is 0 Å². The third-order valence-corrected chi connectivity index (χ3v) is 4.70. The number of nitrogens with zero attached hydrogens (tertiary/aromatic N) is 1. The minimum atomic E-state index is 0.747. The largest absolute Gasteiger partial charge is 0.314 e. The number of rotatable bonds is 4. The van der Waals surface area contributed by atoms with Crippen LogP contribution in [-0.4, -0.2) is 30.6 Å². The second-order valence-electron chi connectivity index (χ2n) is 4.31. The highest BCUT2D eigenvalue weighted by atomic mass is 79.9. The lowest BCUT2D eigenvalue weighted by Gasteiger charge is -2.31. The zero-order valence-corrected chi connectivity index (χ0v) is 12.1. The van der Waals surface area contributed by atoms with Gasteiger partial charge in [-0.3, -0.25) is 4.90 Å². The fourth-order valence-electron chi connectivity index (χ4n) is 2.24. The summed E-state index contributed by atoms with van der Waals surface area (Å²) < 4.78 is 1.24. The smallest absolute Gasteiger partial charge is 0.0701 e. The Morgan fingerprint density at radius 3 is 2.75 bits per heavy atom. The summed E-state index contributed by atoms with van der Waals surface area (Å²) in [6, 6.07) is 5.12. The van der Waals surface area contributed by atoms with Crippen LogP contribution in [0, 0.1) is 0 Å². The first kappa shape index (κ1) is 12.6. The van der Waals surface area contributed by atoms with Gasteiger partial charge in [-0.05, 0) is 60.5 Å². The van der Waals surface area contributed by atoms with Gasteiger partial charge in [0.2, 0.25) is 0 Å². The van der Waals surface area contributed by atoms with Gasteiger partial charge in [-0.15, -0.1) is 11.3 Å². The van der Waals surface area contributed by atoms with E-state index in [9.17, 15) is 0 Å². The number of piperidine rings is 1. The lowest BCUT2D eigenvalue weighted by atomic mass is 10.1. The molecule has 2 heterocycles. The molecule has 4 heteroatoms. The van der Waals surface area contributed by atoms with E-state index in [0.717, 1.165) is 19.1 Å². The zero-order chi connectivity index (χ0) is 11.4. The van der Waals surface area contributed by atoms with Gasteiger partial charge in [0.25, 0.3) is 0 Å². The fraction of sp³-hybridized carbons (Fsp3) is 0.667. The van der Waals surface area contributed by atoms with Gasteiger partial charge < -0.3 is 5.32 Å². The van der Waals surface area contributed by atoms with Crippen LogP contribution in [0.5, 0.6) is 0 Å². The summed E-state index contributed by atoms with van der Waals surface area (Å²) in [6.07, 6.45) is 2.58. The molecule has 1 fully saturated rings. The van der Waals surface area contributed by atoms with E-state index in [-0.39, 0.29) is 0 Å². The number of hydrogen-bond donors (Lipinski definition) is 1. The van der Waals surface area contributed by atoms with E-state index < -0.39 is 0 Å². The first-order valence-electron chi connectivity index (χ1n) is 5.98. The molecular weight excluding hydrogens is 284 g/mol. The molecule has 2 rings (SSSR count). The van der Waals surface area contributed by atoms with E-state index >= 15 is 0 Å². The molecule has 0 bridgehead atoms. The van der Waals surface area contributed by atoms with Crippen LogP contribution in [0.25, 0.3) is 0 Å². The van der Waals surface area contributed by atoms with Crippen molar-refractivity contribution in [3.63, 3.8) is 0 Å². The van der Waals surface area contributed by atoms with Crippen molar-refractivity contribution in [2.24, 2.45) is 0 Å². The van der Waals surface area contributed by atoms with Crippen LogP contribution < -0.4 is 5.32 Å². The van der Waals surface area contributed by atoms with Crippen molar-refractivity contribution in [3.05, 3.63) is 20.8 Å². The number of likely N-dealkylation sites (tertiary alicyclic amines) is 1. The maximum Gasteiger partial charge on any atom is 0.0701 e. The topological polar surface area (TPSA) is 15.3 Å². The molecule has 1 aliphatic rings. The maximum atomic E-state index is 3.54. The lowest BCUT2D eigenvalue weighted by molar-refractivity contribution is 0.193. The van der Waals surface area contributed by atoms with Crippen LogP contribution in [0.4, 0.5) is 0 Å². The Hall–Kier alpha value is 0.1000. The predicted molar refractivity (Wildman–Crippen MR) is 74.0 cm³/mol. The third kappa shape index (κ3) is 3.55. The van der Waals surface area contributed by atoms with E-state index in [4.69, 9.17) is 0 Å². The standard InChI is InChI=1S/C12H19BrN2S/c1-2-14-10-5-7-15(8-6-10)9-11-3-4-12(13)16-11/h3-4,10,14H,2,5-9H2,1H3. The molecular formula is C12H19BrN2S. The van der Waals surface area contributed by atoms with Crippen LogP contribution in [0.15, 0.2) is 15.9 Å². The molecule has 0 aromatic carbocycles. The molecule has 0 spiro atoms. The second kappa shape index (κ2) is 6.15. The third-order valence-electron chi connectivity index (χ3n) is 3.09. The second-order valence-corrected chi connectivity index (χ2v) is 6.86. The highest BCUT2D eigenvalue weighted by molar-refractivity contribution is 9.11. The Labute approximate surface area is 110 Å². The average Bonchev–Trinajstić information content (AvgIpc) is 2.67.